The van der Waals surface area contributed by atoms with E-state index >= 15 is 0 Å². The Bertz CT molecular complexity index is 812. The van der Waals surface area contributed by atoms with Gasteiger partial charge in [-0.25, -0.2) is 9.97 Å². The summed E-state index contributed by atoms with van der Waals surface area (Å²) in [5.41, 5.74) is 6.99. The summed E-state index contributed by atoms with van der Waals surface area (Å²) in [5.74, 6) is 1.43. The van der Waals surface area contributed by atoms with E-state index in [4.69, 9.17) is 0 Å². The number of aryl methyl sites for hydroxylation is 1. The molecule has 0 amide bonds. The van der Waals surface area contributed by atoms with Crippen LogP contribution in [0.1, 0.15) is 16.8 Å². The summed E-state index contributed by atoms with van der Waals surface area (Å²) >= 11 is 0. The van der Waals surface area contributed by atoms with Gasteiger partial charge in [0.05, 0.1) is 6.21 Å². The van der Waals surface area contributed by atoms with Crippen LogP contribution in [0.3, 0.4) is 0 Å². The number of hydrogen-bond acceptors (Lipinski definition) is 4. The van der Waals surface area contributed by atoms with E-state index in [0.717, 1.165) is 28.2 Å². The number of anilines is 1. The number of aromatic nitrogens is 2. The third-order valence-electron chi connectivity index (χ3n) is 3.60. The second-order valence-electron chi connectivity index (χ2n) is 5.25. The highest BCUT2D eigenvalue weighted by Crippen LogP contribution is 2.21. The molecule has 0 saturated carbocycles. The van der Waals surface area contributed by atoms with Crippen LogP contribution >= 0.6 is 0 Å². The second kappa shape index (κ2) is 6.83. The lowest BCUT2D eigenvalue weighted by molar-refractivity contribution is 1.06. The molecule has 0 unspecified atom stereocenters. The van der Waals surface area contributed by atoms with Crippen LogP contribution < -0.4 is 5.43 Å². The summed E-state index contributed by atoms with van der Waals surface area (Å²) in [4.78, 5) is 9.17. The molecule has 0 bridgehead atoms. The number of nitrogens with zero attached hydrogens (tertiary/aromatic N) is 3. The Morgan fingerprint density at radius 3 is 2.22 bits per heavy atom. The summed E-state index contributed by atoms with van der Waals surface area (Å²) in [5, 5.41) is 4.28. The van der Waals surface area contributed by atoms with Crippen LogP contribution in [0.15, 0.2) is 65.8 Å². The van der Waals surface area contributed by atoms with Gasteiger partial charge in [-0.05, 0) is 19.4 Å². The van der Waals surface area contributed by atoms with Gasteiger partial charge in [0.25, 0.3) is 0 Å². The van der Waals surface area contributed by atoms with Crippen molar-refractivity contribution in [1.82, 2.24) is 9.97 Å². The van der Waals surface area contributed by atoms with Crippen LogP contribution in [0.25, 0.3) is 11.4 Å². The van der Waals surface area contributed by atoms with E-state index in [1.165, 1.54) is 0 Å². The first kappa shape index (κ1) is 14.9. The Morgan fingerprint density at radius 2 is 1.52 bits per heavy atom. The fraction of sp³-hybridized carbons (Fsp3) is 0.105. The first-order valence-electron chi connectivity index (χ1n) is 7.49. The molecule has 4 heteroatoms. The Morgan fingerprint density at radius 1 is 0.870 bits per heavy atom. The molecular weight excluding hydrogens is 284 g/mol. The number of hydrogen-bond donors (Lipinski definition) is 1. The molecule has 114 valence electrons. The molecular formula is C19H18N4. The van der Waals surface area contributed by atoms with E-state index < -0.39 is 0 Å². The molecule has 1 N–H and O–H groups in total. The Labute approximate surface area is 135 Å². The molecule has 3 rings (SSSR count). The van der Waals surface area contributed by atoms with Crippen molar-refractivity contribution in [3.05, 3.63) is 77.5 Å². The summed E-state index contributed by atoms with van der Waals surface area (Å²) < 4.78 is 0. The molecule has 1 heterocycles. The predicted octanol–water partition coefficient (Wildman–Crippen LogP) is 4.21. The maximum atomic E-state index is 4.60. The van der Waals surface area contributed by atoms with Crippen molar-refractivity contribution < 1.29 is 0 Å². The van der Waals surface area contributed by atoms with Crippen molar-refractivity contribution >= 4 is 12.0 Å². The van der Waals surface area contributed by atoms with E-state index in [0.29, 0.717) is 5.82 Å². The van der Waals surface area contributed by atoms with Crippen LogP contribution in [0.2, 0.25) is 0 Å². The highest BCUT2D eigenvalue weighted by atomic mass is 15.3. The minimum atomic E-state index is 0.700. The summed E-state index contributed by atoms with van der Waals surface area (Å²) in [6.07, 6.45) is 1.78. The average molecular weight is 302 g/mol. The van der Waals surface area contributed by atoms with Crippen molar-refractivity contribution in [3.8, 4) is 11.4 Å². The lowest BCUT2D eigenvalue weighted by Gasteiger charge is -2.09. The van der Waals surface area contributed by atoms with Crippen LogP contribution in [0.5, 0.6) is 0 Å². The van der Waals surface area contributed by atoms with Gasteiger partial charge in [0.2, 0.25) is 0 Å². The molecule has 0 aliphatic carbocycles. The van der Waals surface area contributed by atoms with Crippen LogP contribution in [-0.2, 0) is 0 Å². The molecule has 2 aromatic carbocycles. The van der Waals surface area contributed by atoms with E-state index in [9.17, 15) is 0 Å². The first-order chi connectivity index (χ1) is 11.2. The molecule has 0 aliphatic rings. The smallest absolute Gasteiger partial charge is 0.161 e. The van der Waals surface area contributed by atoms with Gasteiger partial charge in [0.1, 0.15) is 0 Å². The number of benzene rings is 2. The summed E-state index contributed by atoms with van der Waals surface area (Å²) in [7, 11) is 0. The zero-order valence-corrected chi connectivity index (χ0v) is 13.2. The molecule has 0 atom stereocenters. The largest absolute Gasteiger partial charge is 0.261 e. The topological polar surface area (TPSA) is 50.2 Å². The SMILES string of the molecule is Cc1nc(-c2ccccc2)nc(N/N=C/c2ccccc2)c1C. The molecule has 1 aromatic heterocycles. The minimum Gasteiger partial charge on any atom is -0.261 e. The van der Waals surface area contributed by atoms with Gasteiger partial charge in [-0.3, -0.25) is 5.43 Å². The van der Waals surface area contributed by atoms with Crippen LogP contribution in [0.4, 0.5) is 5.82 Å². The highest BCUT2D eigenvalue weighted by molar-refractivity contribution is 5.80. The van der Waals surface area contributed by atoms with Gasteiger partial charge in [-0.1, -0.05) is 60.7 Å². The van der Waals surface area contributed by atoms with Gasteiger partial charge < -0.3 is 0 Å². The van der Waals surface area contributed by atoms with E-state index in [1.54, 1.807) is 6.21 Å². The number of rotatable bonds is 4. The first-order valence-corrected chi connectivity index (χ1v) is 7.49. The minimum absolute atomic E-state index is 0.700. The maximum Gasteiger partial charge on any atom is 0.161 e. The van der Waals surface area contributed by atoms with Crippen molar-refractivity contribution in [2.24, 2.45) is 5.10 Å². The summed E-state index contributed by atoms with van der Waals surface area (Å²) in [6.45, 7) is 3.97. The molecule has 0 aliphatic heterocycles. The fourth-order valence-electron chi connectivity index (χ4n) is 2.16. The third kappa shape index (κ3) is 3.61. The normalized spacial score (nSPS) is 10.9. The van der Waals surface area contributed by atoms with Crippen LogP contribution in [0, 0.1) is 13.8 Å². The Balaban J connectivity index is 1.87. The molecule has 0 fully saturated rings. The van der Waals surface area contributed by atoms with Gasteiger partial charge in [-0.15, -0.1) is 0 Å². The van der Waals surface area contributed by atoms with E-state index in [1.807, 2.05) is 74.5 Å². The lowest BCUT2D eigenvalue weighted by Crippen LogP contribution is -2.03. The maximum absolute atomic E-state index is 4.60. The number of hydrazone groups is 1. The molecule has 23 heavy (non-hydrogen) atoms. The van der Waals surface area contributed by atoms with Gasteiger partial charge in [0.15, 0.2) is 11.6 Å². The van der Waals surface area contributed by atoms with Crippen molar-refractivity contribution in [2.45, 2.75) is 13.8 Å². The van der Waals surface area contributed by atoms with Crippen molar-refractivity contribution in [1.29, 1.82) is 0 Å². The van der Waals surface area contributed by atoms with Gasteiger partial charge >= 0.3 is 0 Å². The fourth-order valence-corrected chi connectivity index (χ4v) is 2.16. The van der Waals surface area contributed by atoms with Gasteiger partial charge in [-0.2, -0.15) is 5.10 Å². The van der Waals surface area contributed by atoms with E-state index in [2.05, 4.69) is 20.5 Å². The Kier molecular flexibility index (Phi) is 4.43. The molecule has 3 aromatic rings. The zero-order valence-electron chi connectivity index (χ0n) is 13.2. The van der Waals surface area contributed by atoms with Crippen molar-refractivity contribution in [2.75, 3.05) is 5.43 Å². The quantitative estimate of drug-likeness (QED) is 0.580. The third-order valence-corrected chi connectivity index (χ3v) is 3.60. The standard InChI is InChI=1S/C19H18N4/c1-14-15(2)21-19(17-11-7-4-8-12-17)22-18(14)23-20-13-16-9-5-3-6-10-16/h3-13H,1-2H3,(H,21,22,23)/b20-13+. The van der Waals surface area contributed by atoms with Gasteiger partial charge in [0, 0.05) is 16.8 Å². The van der Waals surface area contributed by atoms with Crippen LogP contribution in [-0.4, -0.2) is 16.2 Å². The monoisotopic (exact) mass is 302 g/mol. The number of nitrogens with one attached hydrogen (secondary N) is 1. The lowest BCUT2D eigenvalue weighted by atomic mass is 10.2. The molecule has 4 nitrogen and oxygen atoms in total. The Hall–Kier alpha value is -3.01. The average Bonchev–Trinajstić information content (AvgIpc) is 2.60. The van der Waals surface area contributed by atoms with Crippen molar-refractivity contribution in [3.63, 3.8) is 0 Å². The highest BCUT2D eigenvalue weighted by Gasteiger charge is 2.08. The zero-order chi connectivity index (χ0) is 16.1. The molecule has 0 saturated heterocycles. The summed E-state index contributed by atoms with van der Waals surface area (Å²) in [6, 6.07) is 19.9. The second-order valence-corrected chi connectivity index (χ2v) is 5.25. The molecule has 0 radical (unpaired) electrons. The molecule has 0 spiro atoms. The van der Waals surface area contributed by atoms with E-state index in [-0.39, 0.29) is 0 Å². The predicted molar refractivity (Wildman–Crippen MR) is 94.6 cm³/mol.